The number of hydrogen-bond acceptors (Lipinski definition) is 10. The van der Waals surface area contributed by atoms with E-state index in [1.165, 1.54) is 37.7 Å². The zero-order valence-electron chi connectivity index (χ0n) is 41.3. The van der Waals surface area contributed by atoms with E-state index < -0.39 is 18.3 Å². The Labute approximate surface area is 405 Å². The lowest BCUT2D eigenvalue weighted by Gasteiger charge is -2.46. The number of methoxy groups -OCH3 is 1. The molecule has 5 aliphatic carbocycles. The first-order valence-corrected chi connectivity index (χ1v) is 26.7. The van der Waals surface area contributed by atoms with Crippen LogP contribution in [0.2, 0.25) is 0 Å². The smallest absolute Gasteiger partial charge is 0.188 e. The molecule has 10 nitrogen and oxygen atoms in total. The molecule has 10 heteroatoms. The Morgan fingerprint density at radius 1 is 0.868 bits per heavy atom. The summed E-state index contributed by atoms with van der Waals surface area (Å²) in [5.74, 6) is 4.28. The number of nitrogens with two attached hydrogens (primary N) is 1. The summed E-state index contributed by atoms with van der Waals surface area (Å²) in [6.45, 7) is 7.97. The van der Waals surface area contributed by atoms with Crippen LogP contribution >= 0.6 is 0 Å². The van der Waals surface area contributed by atoms with Crippen LogP contribution in [0.4, 0.5) is 0 Å². The number of aliphatic hydroxyl groups excluding tert-OH is 2. The lowest BCUT2D eigenvalue weighted by Crippen LogP contribution is -2.45. The molecule has 3 aromatic rings. The molecular formula is C58H79N3O7. The summed E-state index contributed by atoms with van der Waals surface area (Å²) < 4.78 is 20.3. The van der Waals surface area contributed by atoms with Gasteiger partial charge in [-0.05, 0) is 176 Å². The number of benzene rings is 3. The molecule has 2 spiro atoms. The Hall–Kier alpha value is -4.41. The number of nitrogens with one attached hydrogen (secondary N) is 1. The van der Waals surface area contributed by atoms with Crippen molar-refractivity contribution in [3.63, 3.8) is 0 Å². The van der Waals surface area contributed by atoms with Gasteiger partial charge in [0.05, 0.1) is 19.3 Å². The number of allylic oxidation sites excluding steroid dienone is 2. The largest absolute Gasteiger partial charge is 0.508 e. The van der Waals surface area contributed by atoms with Crippen molar-refractivity contribution in [3.8, 4) is 39.9 Å². The van der Waals surface area contributed by atoms with Gasteiger partial charge in [0.1, 0.15) is 29.5 Å². The minimum absolute atomic E-state index is 0.0396. The van der Waals surface area contributed by atoms with E-state index >= 15 is 0 Å². The van der Waals surface area contributed by atoms with Gasteiger partial charge in [0.15, 0.2) is 17.5 Å². The molecule has 3 saturated carbocycles. The molecule has 0 saturated heterocycles. The summed E-state index contributed by atoms with van der Waals surface area (Å²) in [7, 11) is 1.73. The van der Waals surface area contributed by atoms with Gasteiger partial charge in [-0.2, -0.15) is 0 Å². The van der Waals surface area contributed by atoms with Crippen LogP contribution in [0.5, 0.6) is 28.7 Å². The molecule has 3 fully saturated rings. The molecule has 0 radical (unpaired) electrons. The molecule has 0 aromatic heterocycles. The molecule has 9 atom stereocenters. The Balaban J connectivity index is 1.07. The average Bonchev–Trinajstić information content (AvgIpc) is 3.99. The molecular weight excluding hydrogens is 851 g/mol. The van der Waals surface area contributed by atoms with Gasteiger partial charge >= 0.3 is 0 Å². The molecule has 3 aromatic carbocycles. The highest BCUT2D eigenvalue weighted by molar-refractivity contribution is 5.84. The number of aliphatic imine (C=N–C) groups is 1. The molecule has 368 valence electrons. The normalized spacial score (nSPS) is 30.9. The van der Waals surface area contributed by atoms with Gasteiger partial charge in [-0.15, -0.1) is 0 Å². The quantitative estimate of drug-likeness (QED) is 0.140. The highest BCUT2D eigenvalue weighted by Crippen LogP contribution is 2.58. The Morgan fingerprint density at radius 2 is 1.63 bits per heavy atom. The van der Waals surface area contributed by atoms with Gasteiger partial charge in [0.25, 0.3) is 0 Å². The van der Waals surface area contributed by atoms with Crippen molar-refractivity contribution in [2.45, 2.75) is 173 Å². The van der Waals surface area contributed by atoms with Gasteiger partial charge in [-0.1, -0.05) is 71.1 Å². The third kappa shape index (κ3) is 9.10. The van der Waals surface area contributed by atoms with Gasteiger partial charge in [0.2, 0.25) is 0 Å². The molecule has 8 bridgehead atoms. The maximum atomic E-state index is 12.3. The molecule has 10 aliphatic rings. The second-order valence-electron chi connectivity index (χ2n) is 23.0. The monoisotopic (exact) mass is 930 g/mol. The Morgan fingerprint density at radius 3 is 2.40 bits per heavy atom. The molecule has 13 rings (SSSR count). The number of aliphatic hydroxyl groups is 2. The summed E-state index contributed by atoms with van der Waals surface area (Å²) in [5.41, 5.74) is 13.9. The fraction of sp³-hybridized carbons (Fsp3) is 0.638. The van der Waals surface area contributed by atoms with Crippen molar-refractivity contribution in [1.82, 2.24) is 5.32 Å². The van der Waals surface area contributed by atoms with Crippen LogP contribution in [0.3, 0.4) is 0 Å². The van der Waals surface area contributed by atoms with Crippen LogP contribution < -0.4 is 25.3 Å². The summed E-state index contributed by atoms with van der Waals surface area (Å²) in [4.78, 5) is 5.00. The minimum Gasteiger partial charge on any atom is -0.508 e. The van der Waals surface area contributed by atoms with Crippen LogP contribution in [-0.2, 0) is 19.3 Å². The number of phenolic OH excluding ortho intramolecular Hbond substituents is 2. The fourth-order valence-electron chi connectivity index (χ4n) is 15.0. The van der Waals surface area contributed by atoms with E-state index in [9.17, 15) is 20.4 Å². The fourth-order valence-corrected chi connectivity index (χ4v) is 15.0. The summed E-state index contributed by atoms with van der Waals surface area (Å²) >= 11 is 0. The second-order valence-corrected chi connectivity index (χ2v) is 23.0. The predicted molar refractivity (Wildman–Crippen MR) is 269 cm³/mol. The molecule has 5 aliphatic heterocycles. The van der Waals surface area contributed by atoms with Crippen molar-refractivity contribution >= 4 is 5.96 Å². The first-order valence-electron chi connectivity index (χ1n) is 26.7. The van der Waals surface area contributed by atoms with Gasteiger partial charge < -0.3 is 45.7 Å². The summed E-state index contributed by atoms with van der Waals surface area (Å²) in [6, 6.07) is 11.6. The van der Waals surface area contributed by atoms with Crippen molar-refractivity contribution in [2.24, 2.45) is 51.1 Å². The zero-order valence-corrected chi connectivity index (χ0v) is 41.3. The van der Waals surface area contributed by atoms with E-state index in [0.29, 0.717) is 54.6 Å². The summed E-state index contributed by atoms with van der Waals surface area (Å²) in [6.07, 6.45) is 21.4. The van der Waals surface area contributed by atoms with E-state index in [-0.39, 0.29) is 46.4 Å². The Bertz CT molecular complexity index is 2360. The number of nitrogens with zero attached hydrogens (tertiary/aromatic N) is 1. The third-order valence-corrected chi connectivity index (χ3v) is 18.3. The van der Waals surface area contributed by atoms with Gasteiger partial charge in [-0.25, -0.2) is 0 Å². The highest BCUT2D eigenvalue weighted by Gasteiger charge is 2.48. The second kappa shape index (κ2) is 19.4. The first-order chi connectivity index (χ1) is 32.9. The number of fused-ring (bicyclic) bond motifs is 2. The third-order valence-electron chi connectivity index (χ3n) is 18.3. The van der Waals surface area contributed by atoms with Crippen LogP contribution in [0.1, 0.15) is 163 Å². The van der Waals surface area contributed by atoms with E-state index in [4.69, 9.17) is 24.9 Å². The van der Waals surface area contributed by atoms with E-state index in [1.54, 1.807) is 13.2 Å². The zero-order chi connectivity index (χ0) is 47.3. The van der Waals surface area contributed by atoms with Crippen molar-refractivity contribution in [2.75, 3.05) is 20.2 Å². The van der Waals surface area contributed by atoms with Crippen LogP contribution in [0.15, 0.2) is 53.5 Å². The maximum absolute atomic E-state index is 12.3. The molecule has 5 heterocycles. The van der Waals surface area contributed by atoms with E-state index in [2.05, 4.69) is 44.3 Å². The van der Waals surface area contributed by atoms with Crippen molar-refractivity contribution in [3.05, 3.63) is 76.4 Å². The molecule has 0 amide bonds. The van der Waals surface area contributed by atoms with Crippen molar-refractivity contribution < 1.29 is 34.6 Å². The number of guanidine groups is 1. The molecule has 68 heavy (non-hydrogen) atoms. The van der Waals surface area contributed by atoms with E-state index in [1.807, 2.05) is 24.3 Å². The van der Waals surface area contributed by atoms with E-state index in [0.717, 1.165) is 123 Å². The predicted octanol–water partition coefficient (Wildman–Crippen LogP) is 11.0. The number of rotatable bonds is 4. The SMILES string of the molecule is CCC1CC2C=CC1CC(O)CC1(CCCC1)CN=C(N)NCCC1C(CCCC13CCCC3)Oc1cc(ccc1O)C1Oc3cc(OC)c4c(c3CC1O)C2Cc1cc(O)c(CC(C)C)cc1-4. The minimum atomic E-state index is -0.865. The molecule has 9 unspecified atom stereocenters. The average molecular weight is 930 g/mol. The lowest BCUT2D eigenvalue weighted by atomic mass is 9.62. The number of phenols is 2. The first kappa shape index (κ1) is 47.3. The standard InChI is InChI=1S/C58H79N3O7/c1-5-35-24-37-13-12-36(35)25-41(62)32-57(17-6-7-18-57)33-61-56(59)60-22-16-45-49(11-10-21-58(45)19-8-9-20-58)67-51-29-38(14-15-46(51)63)55-48(65)30-44-50(68-55)31-52(66-4)54-43-27-40(23-34(2)3)47(64)28-39(43)26-42(37)53(44)54/h12-15,27-29,31,34-37,41-42,45,48-49,55,62-65H,5-11,16-26,30,32-33H2,1-4H3,(H3,59,60,61). The van der Waals surface area contributed by atoms with Gasteiger partial charge in [-0.3, -0.25) is 4.99 Å². The lowest BCUT2D eigenvalue weighted by molar-refractivity contribution is -0.0154. The number of hydrogen-bond donors (Lipinski definition) is 6. The van der Waals surface area contributed by atoms with Crippen LogP contribution in [0.25, 0.3) is 11.1 Å². The topological polar surface area (TPSA) is 159 Å². The van der Waals surface area contributed by atoms with Gasteiger partial charge in [0, 0.05) is 42.6 Å². The van der Waals surface area contributed by atoms with Crippen LogP contribution in [0, 0.1) is 40.4 Å². The number of aromatic hydroxyl groups is 2. The van der Waals surface area contributed by atoms with Crippen molar-refractivity contribution in [1.29, 1.82) is 0 Å². The summed E-state index contributed by atoms with van der Waals surface area (Å²) in [5, 5.41) is 50.7. The maximum Gasteiger partial charge on any atom is 0.188 e. The highest BCUT2D eigenvalue weighted by atomic mass is 16.5. The number of ether oxygens (including phenoxy) is 3. The molecule has 7 N–H and O–H groups in total. The van der Waals surface area contributed by atoms with Crippen LogP contribution in [-0.4, -0.2) is 64.9 Å². The Kier molecular flexibility index (Phi) is 13.5.